The molecule has 2 atom stereocenters. The minimum atomic E-state index is 0.560. The van der Waals surface area contributed by atoms with Crippen molar-refractivity contribution in [2.75, 3.05) is 45.9 Å². The standard InChI is InChI=1S/C16H33N3O/c1-2-15(7-8-17)19-12-10-18(11-13-19)9-3-5-16-6-4-14-20-16/h15-16H,2-14,17H2,1H3. The molecule has 0 bridgehead atoms. The summed E-state index contributed by atoms with van der Waals surface area (Å²) in [5.41, 5.74) is 5.72. The predicted octanol–water partition coefficient (Wildman–Crippen LogP) is 1.69. The molecule has 2 rings (SSSR count). The van der Waals surface area contributed by atoms with Gasteiger partial charge in [0, 0.05) is 38.8 Å². The number of hydrogen-bond acceptors (Lipinski definition) is 4. The monoisotopic (exact) mass is 283 g/mol. The van der Waals surface area contributed by atoms with Crippen molar-refractivity contribution in [2.24, 2.45) is 5.73 Å². The Kier molecular flexibility index (Phi) is 7.28. The number of rotatable bonds is 8. The second kappa shape index (κ2) is 8.98. The van der Waals surface area contributed by atoms with E-state index in [4.69, 9.17) is 10.5 Å². The molecule has 0 radical (unpaired) electrons. The summed E-state index contributed by atoms with van der Waals surface area (Å²) < 4.78 is 5.69. The van der Waals surface area contributed by atoms with Crippen LogP contribution in [0.5, 0.6) is 0 Å². The average molecular weight is 283 g/mol. The van der Waals surface area contributed by atoms with Crippen molar-refractivity contribution in [2.45, 2.75) is 57.6 Å². The Morgan fingerprint density at radius 1 is 1.25 bits per heavy atom. The van der Waals surface area contributed by atoms with Gasteiger partial charge in [0.15, 0.2) is 0 Å². The number of nitrogens with two attached hydrogens (primary N) is 1. The van der Waals surface area contributed by atoms with E-state index in [0.717, 1.165) is 19.6 Å². The van der Waals surface area contributed by atoms with E-state index in [2.05, 4.69) is 16.7 Å². The van der Waals surface area contributed by atoms with Gasteiger partial charge in [0.25, 0.3) is 0 Å². The Bertz CT molecular complexity index is 248. The highest BCUT2D eigenvalue weighted by atomic mass is 16.5. The Hall–Kier alpha value is -0.160. The predicted molar refractivity (Wildman–Crippen MR) is 84.0 cm³/mol. The van der Waals surface area contributed by atoms with Gasteiger partial charge in [-0.05, 0) is 51.6 Å². The lowest BCUT2D eigenvalue weighted by Crippen LogP contribution is -2.50. The molecule has 0 amide bonds. The van der Waals surface area contributed by atoms with E-state index in [1.807, 2.05) is 0 Å². The topological polar surface area (TPSA) is 41.7 Å². The Balaban J connectivity index is 1.58. The van der Waals surface area contributed by atoms with E-state index in [1.54, 1.807) is 0 Å². The van der Waals surface area contributed by atoms with E-state index in [0.29, 0.717) is 12.1 Å². The van der Waals surface area contributed by atoms with Crippen LogP contribution in [-0.2, 0) is 4.74 Å². The maximum atomic E-state index is 5.72. The molecule has 0 aliphatic carbocycles. The van der Waals surface area contributed by atoms with Gasteiger partial charge in [0.05, 0.1) is 6.10 Å². The van der Waals surface area contributed by atoms with Crippen LogP contribution in [0.15, 0.2) is 0 Å². The van der Waals surface area contributed by atoms with Crippen molar-refractivity contribution in [3.63, 3.8) is 0 Å². The number of nitrogens with zero attached hydrogens (tertiary/aromatic N) is 2. The highest BCUT2D eigenvalue weighted by Crippen LogP contribution is 2.17. The Morgan fingerprint density at radius 2 is 2.05 bits per heavy atom. The van der Waals surface area contributed by atoms with Gasteiger partial charge in [0.1, 0.15) is 0 Å². The molecular weight excluding hydrogens is 250 g/mol. The highest BCUT2D eigenvalue weighted by Gasteiger charge is 2.22. The van der Waals surface area contributed by atoms with Crippen LogP contribution in [0, 0.1) is 0 Å². The van der Waals surface area contributed by atoms with Crippen molar-refractivity contribution >= 4 is 0 Å². The zero-order valence-electron chi connectivity index (χ0n) is 13.2. The average Bonchev–Trinajstić information content (AvgIpc) is 2.99. The summed E-state index contributed by atoms with van der Waals surface area (Å²) >= 11 is 0. The third kappa shape index (κ3) is 4.99. The van der Waals surface area contributed by atoms with Gasteiger partial charge >= 0.3 is 0 Å². The van der Waals surface area contributed by atoms with Crippen LogP contribution < -0.4 is 5.73 Å². The maximum absolute atomic E-state index is 5.72. The molecule has 2 saturated heterocycles. The minimum Gasteiger partial charge on any atom is -0.378 e. The van der Waals surface area contributed by atoms with Gasteiger partial charge in [-0.3, -0.25) is 4.90 Å². The smallest absolute Gasteiger partial charge is 0.0576 e. The second-order valence-electron chi connectivity index (χ2n) is 6.29. The molecule has 2 N–H and O–H groups in total. The molecule has 2 fully saturated rings. The summed E-state index contributed by atoms with van der Waals surface area (Å²) in [6.07, 6.45) is 8.04. The van der Waals surface area contributed by atoms with Crippen LogP contribution >= 0.6 is 0 Å². The lowest BCUT2D eigenvalue weighted by atomic mass is 10.1. The first kappa shape index (κ1) is 16.2. The SMILES string of the molecule is CCC(CCN)N1CCN(CCCC2CCCO2)CC1. The van der Waals surface area contributed by atoms with Gasteiger partial charge < -0.3 is 15.4 Å². The zero-order chi connectivity index (χ0) is 14.2. The van der Waals surface area contributed by atoms with Crippen molar-refractivity contribution < 1.29 is 4.74 Å². The van der Waals surface area contributed by atoms with E-state index < -0.39 is 0 Å². The first-order chi connectivity index (χ1) is 9.83. The molecule has 2 unspecified atom stereocenters. The molecule has 0 aromatic rings. The van der Waals surface area contributed by atoms with Gasteiger partial charge in [-0.15, -0.1) is 0 Å². The molecule has 2 aliphatic rings. The summed E-state index contributed by atoms with van der Waals surface area (Å²) in [5, 5.41) is 0. The second-order valence-corrected chi connectivity index (χ2v) is 6.29. The maximum Gasteiger partial charge on any atom is 0.0576 e. The Labute approximate surface area is 124 Å². The van der Waals surface area contributed by atoms with E-state index in [-0.39, 0.29) is 0 Å². The fourth-order valence-corrected chi connectivity index (χ4v) is 3.60. The molecule has 118 valence electrons. The lowest BCUT2D eigenvalue weighted by Gasteiger charge is -2.39. The third-order valence-electron chi connectivity index (χ3n) is 4.92. The van der Waals surface area contributed by atoms with Crippen LogP contribution in [0.1, 0.15) is 45.4 Å². The van der Waals surface area contributed by atoms with E-state index in [1.165, 1.54) is 64.8 Å². The van der Waals surface area contributed by atoms with Crippen molar-refractivity contribution in [3.8, 4) is 0 Å². The summed E-state index contributed by atoms with van der Waals surface area (Å²) in [5.74, 6) is 0. The molecule has 4 heteroatoms. The van der Waals surface area contributed by atoms with Crippen LogP contribution in [0.4, 0.5) is 0 Å². The zero-order valence-corrected chi connectivity index (χ0v) is 13.2. The van der Waals surface area contributed by atoms with Gasteiger partial charge in [0.2, 0.25) is 0 Å². The fraction of sp³-hybridized carbons (Fsp3) is 1.00. The summed E-state index contributed by atoms with van der Waals surface area (Å²) in [4.78, 5) is 5.27. The lowest BCUT2D eigenvalue weighted by molar-refractivity contribution is 0.0780. The van der Waals surface area contributed by atoms with Crippen LogP contribution in [0.3, 0.4) is 0 Å². The molecule has 4 nitrogen and oxygen atoms in total. The highest BCUT2D eigenvalue weighted by molar-refractivity contribution is 4.78. The normalized spacial score (nSPS) is 27.0. The van der Waals surface area contributed by atoms with Gasteiger partial charge in [-0.2, -0.15) is 0 Å². The van der Waals surface area contributed by atoms with Crippen molar-refractivity contribution in [3.05, 3.63) is 0 Å². The number of hydrogen-bond donors (Lipinski definition) is 1. The van der Waals surface area contributed by atoms with Gasteiger partial charge in [-0.1, -0.05) is 6.92 Å². The van der Waals surface area contributed by atoms with Gasteiger partial charge in [-0.25, -0.2) is 0 Å². The first-order valence-corrected chi connectivity index (χ1v) is 8.61. The van der Waals surface area contributed by atoms with Crippen LogP contribution in [0.25, 0.3) is 0 Å². The van der Waals surface area contributed by atoms with E-state index in [9.17, 15) is 0 Å². The molecule has 2 heterocycles. The summed E-state index contributed by atoms with van der Waals surface area (Å²) in [7, 11) is 0. The quantitative estimate of drug-likeness (QED) is 0.736. The Morgan fingerprint density at radius 3 is 2.65 bits per heavy atom. The summed E-state index contributed by atoms with van der Waals surface area (Å²) in [6.45, 7) is 10.2. The van der Waals surface area contributed by atoms with Crippen LogP contribution in [0.2, 0.25) is 0 Å². The molecule has 0 spiro atoms. The molecule has 2 aliphatic heterocycles. The van der Waals surface area contributed by atoms with Crippen molar-refractivity contribution in [1.29, 1.82) is 0 Å². The molecular formula is C16H33N3O. The fourth-order valence-electron chi connectivity index (χ4n) is 3.60. The molecule has 20 heavy (non-hydrogen) atoms. The van der Waals surface area contributed by atoms with E-state index >= 15 is 0 Å². The molecule has 0 aromatic heterocycles. The third-order valence-corrected chi connectivity index (χ3v) is 4.92. The molecule has 0 aromatic carbocycles. The number of ether oxygens (including phenoxy) is 1. The van der Waals surface area contributed by atoms with Crippen LogP contribution in [-0.4, -0.2) is 67.8 Å². The first-order valence-electron chi connectivity index (χ1n) is 8.61. The van der Waals surface area contributed by atoms with Crippen molar-refractivity contribution in [1.82, 2.24) is 9.80 Å². The largest absolute Gasteiger partial charge is 0.378 e. The molecule has 0 saturated carbocycles. The summed E-state index contributed by atoms with van der Waals surface area (Å²) in [6, 6.07) is 0.703. The number of piperazine rings is 1. The minimum absolute atomic E-state index is 0.560.